The maximum atomic E-state index is 12.2. The number of aromatic nitrogens is 1. The zero-order chi connectivity index (χ0) is 16.6. The number of halogens is 1. The summed E-state index contributed by atoms with van der Waals surface area (Å²) < 4.78 is 0. The number of fused-ring (bicyclic) bond motifs is 1. The van der Waals surface area contributed by atoms with Crippen molar-refractivity contribution in [3.63, 3.8) is 0 Å². The number of urea groups is 1. The number of carbonyl (C=O) groups is 2. The summed E-state index contributed by atoms with van der Waals surface area (Å²) in [6.07, 6.45) is 2.30. The van der Waals surface area contributed by atoms with Crippen LogP contribution in [0.1, 0.15) is 12.0 Å². The van der Waals surface area contributed by atoms with Gasteiger partial charge in [0.25, 0.3) is 0 Å². The summed E-state index contributed by atoms with van der Waals surface area (Å²) in [6.45, 7) is 2.56. The maximum absolute atomic E-state index is 12.2. The summed E-state index contributed by atoms with van der Waals surface area (Å²) in [5.41, 5.74) is 2.21. The van der Waals surface area contributed by atoms with E-state index in [0.29, 0.717) is 23.7 Å². The van der Waals surface area contributed by atoms with Crippen molar-refractivity contribution < 1.29 is 9.59 Å². The molecule has 1 aliphatic heterocycles. The van der Waals surface area contributed by atoms with E-state index >= 15 is 0 Å². The van der Waals surface area contributed by atoms with Crippen molar-refractivity contribution in [1.29, 1.82) is 0 Å². The summed E-state index contributed by atoms with van der Waals surface area (Å²) in [4.78, 5) is 30.0. The minimum atomic E-state index is -0.492. The Morgan fingerprint density at radius 1 is 1.48 bits per heavy atom. The van der Waals surface area contributed by atoms with E-state index < -0.39 is 12.1 Å². The lowest BCUT2D eigenvalue weighted by molar-refractivity contribution is -0.128. The number of amides is 3. The van der Waals surface area contributed by atoms with Crippen LogP contribution in [-0.4, -0.2) is 41.5 Å². The second-order valence-corrected chi connectivity index (χ2v) is 6.06. The number of anilines is 1. The van der Waals surface area contributed by atoms with E-state index in [1.165, 1.54) is 0 Å². The number of nitrogens with one attached hydrogen (secondary N) is 2. The van der Waals surface area contributed by atoms with Crippen LogP contribution in [0.15, 0.2) is 24.4 Å². The number of rotatable bonds is 2. The molecule has 1 aliphatic rings. The molecule has 1 aromatic carbocycles. The Morgan fingerprint density at radius 2 is 2.26 bits per heavy atom. The van der Waals surface area contributed by atoms with Gasteiger partial charge in [-0.05, 0) is 37.1 Å². The van der Waals surface area contributed by atoms with E-state index in [1.54, 1.807) is 30.3 Å². The molecule has 1 unspecified atom stereocenters. The molecule has 1 atom stereocenters. The van der Waals surface area contributed by atoms with E-state index in [9.17, 15) is 9.59 Å². The normalized spacial score (nSPS) is 17.6. The lowest BCUT2D eigenvalue weighted by atomic mass is 10.1. The number of carbonyl (C=O) groups excluding carboxylic acids is 2. The van der Waals surface area contributed by atoms with Crippen LogP contribution in [0.3, 0.4) is 0 Å². The average Bonchev–Trinajstić information content (AvgIpc) is 2.83. The smallest absolute Gasteiger partial charge is 0.319 e. The van der Waals surface area contributed by atoms with Gasteiger partial charge >= 0.3 is 6.03 Å². The van der Waals surface area contributed by atoms with Crippen LogP contribution in [0, 0.1) is 6.92 Å². The van der Waals surface area contributed by atoms with E-state index in [4.69, 9.17) is 11.6 Å². The molecule has 6 nitrogen and oxygen atoms in total. The fraction of sp³-hybridized carbons (Fsp3) is 0.312. The van der Waals surface area contributed by atoms with Crippen molar-refractivity contribution in [2.75, 3.05) is 18.9 Å². The third-order valence-electron chi connectivity index (χ3n) is 4.00. The Bertz CT molecular complexity index is 793. The van der Waals surface area contributed by atoms with Crippen molar-refractivity contribution >= 4 is 40.1 Å². The molecule has 120 valence electrons. The van der Waals surface area contributed by atoms with E-state index in [1.807, 2.05) is 13.0 Å². The zero-order valence-corrected chi connectivity index (χ0v) is 13.6. The SMILES string of the molecule is Cc1cc(Cl)c(NC(=O)NC2CCN(C)C2=O)c2cccnc12. The largest absolute Gasteiger partial charge is 0.344 e. The average molecular weight is 333 g/mol. The number of hydrogen-bond donors (Lipinski definition) is 2. The van der Waals surface area contributed by atoms with E-state index in [0.717, 1.165) is 16.5 Å². The third-order valence-corrected chi connectivity index (χ3v) is 4.30. The van der Waals surface area contributed by atoms with Crippen LogP contribution in [0.2, 0.25) is 5.02 Å². The van der Waals surface area contributed by atoms with Crippen molar-refractivity contribution in [2.24, 2.45) is 0 Å². The molecule has 1 aromatic heterocycles. The molecule has 0 spiro atoms. The lowest BCUT2D eigenvalue weighted by Crippen LogP contribution is -2.42. The first-order chi connectivity index (χ1) is 11.0. The second-order valence-electron chi connectivity index (χ2n) is 5.65. The lowest BCUT2D eigenvalue weighted by Gasteiger charge is -2.15. The molecule has 2 heterocycles. The predicted octanol–water partition coefficient (Wildman–Crippen LogP) is 2.55. The summed E-state index contributed by atoms with van der Waals surface area (Å²) >= 11 is 6.28. The molecule has 0 aliphatic carbocycles. The zero-order valence-electron chi connectivity index (χ0n) is 12.9. The van der Waals surface area contributed by atoms with Gasteiger partial charge < -0.3 is 15.5 Å². The molecule has 7 heteroatoms. The highest BCUT2D eigenvalue weighted by Gasteiger charge is 2.30. The van der Waals surface area contributed by atoms with Crippen LogP contribution in [0.25, 0.3) is 10.9 Å². The van der Waals surface area contributed by atoms with Gasteiger partial charge in [-0.15, -0.1) is 0 Å². The molecular weight excluding hydrogens is 316 g/mol. The van der Waals surface area contributed by atoms with Gasteiger partial charge in [0, 0.05) is 25.2 Å². The minimum Gasteiger partial charge on any atom is -0.344 e. The summed E-state index contributed by atoms with van der Waals surface area (Å²) in [5.74, 6) is -0.0818. The molecule has 0 bridgehead atoms. The minimum absolute atomic E-state index is 0.0818. The Hall–Kier alpha value is -2.34. The Kier molecular flexibility index (Phi) is 4.09. The Labute approximate surface area is 138 Å². The molecule has 1 fully saturated rings. The molecule has 3 amide bonds. The van der Waals surface area contributed by atoms with Crippen LogP contribution in [-0.2, 0) is 4.79 Å². The summed E-state index contributed by atoms with van der Waals surface area (Å²) in [6, 6.07) is 4.46. The topological polar surface area (TPSA) is 74.3 Å². The number of pyridine rings is 1. The van der Waals surface area contributed by atoms with Gasteiger partial charge in [-0.1, -0.05) is 11.6 Å². The fourth-order valence-electron chi connectivity index (χ4n) is 2.77. The fourth-order valence-corrected chi connectivity index (χ4v) is 3.08. The van der Waals surface area contributed by atoms with Crippen LogP contribution in [0.4, 0.5) is 10.5 Å². The van der Waals surface area contributed by atoms with Crippen molar-refractivity contribution in [3.05, 3.63) is 35.0 Å². The number of likely N-dealkylation sites (N-methyl/N-ethyl adjacent to an activating group) is 1. The van der Waals surface area contributed by atoms with E-state index in [2.05, 4.69) is 15.6 Å². The third kappa shape index (κ3) is 2.94. The van der Waals surface area contributed by atoms with Gasteiger partial charge in [-0.2, -0.15) is 0 Å². The number of nitrogens with zero attached hydrogens (tertiary/aromatic N) is 2. The molecule has 2 aromatic rings. The second kappa shape index (κ2) is 6.04. The van der Waals surface area contributed by atoms with Gasteiger partial charge in [-0.3, -0.25) is 9.78 Å². The van der Waals surface area contributed by atoms with Gasteiger partial charge in [0.05, 0.1) is 16.2 Å². The first kappa shape index (κ1) is 15.6. The van der Waals surface area contributed by atoms with Crippen LogP contribution >= 0.6 is 11.6 Å². The Balaban J connectivity index is 1.84. The number of hydrogen-bond acceptors (Lipinski definition) is 3. The van der Waals surface area contributed by atoms with Gasteiger partial charge in [0.2, 0.25) is 5.91 Å². The van der Waals surface area contributed by atoms with Gasteiger partial charge in [0.1, 0.15) is 6.04 Å². The quantitative estimate of drug-likeness (QED) is 0.887. The van der Waals surface area contributed by atoms with Crippen molar-refractivity contribution in [2.45, 2.75) is 19.4 Å². The monoisotopic (exact) mass is 332 g/mol. The van der Waals surface area contributed by atoms with Crippen LogP contribution in [0.5, 0.6) is 0 Å². The van der Waals surface area contributed by atoms with Gasteiger partial charge in [-0.25, -0.2) is 4.79 Å². The summed E-state index contributed by atoms with van der Waals surface area (Å²) in [5, 5.41) is 6.65. The molecule has 2 N–H and O–H groups in total. The Morgan fingerprint density at radius 3 is 2.96 bits per heavy atom. The molecule has 3 rings (SSSR count). The predicted molar refractivity (Wildman–Crippen MR) is 89.7 cm³/mol. The maximum Gasteiger partial charge on any atom is 0.319 e. The van der Waals surface area contributed by atoms with Crippen LogP contribution < -0.4 is 10.6 Å². The number of aryl methyl sites for hydroxylation is 1. The molecule has 0 radical (unpaired) electrons. The molecule has 23 heavy (non-hydrogen) atoms. The molecule has 1 saturated heterocycles. The molecule has 0 saturated carbocycles. The standard InChI is InChI=1S/C16H17ClN4O2/c1-9-8-11(17)14(10-4-3-6-18-13(9)10)20-16(23)19-12-5-7-21(2)15(12)22/h3-4,6,8,12H,5,7H2,1-2H3,(H2,19,20,23). The first-order valence-electron chi connectivity index (χ1n) is 7.33. The van der Waals surface area contributed by atoms with Crippen molar-refractivity contribution in [3.8, 4) is 0 Å². The number of benzene rings is 1. The first-order valence-corrected chi connectivity index (χ1v) is 7.71. The highest BCUT2D eigenvalue weighted by atomic mass is 35.5. The number of likely N-dealkylation sites (tertiary alicyclic amines) is 1. The molecular formula is C16H17ClN4O2. The summed E-state index contributed by atoms with van der Waals surface area (Å²) in [7, 11) is 1.72. The highest BCUT2D eigenvalue weighted by molar-refractivity contribution is 6.35. The highest BCUT2D eigenvalue weighted by Crippen LogP contribution is 2.32. The van der Waals surface area contributed by atoms with Gasteiger partial charge in [0.15, 0.2) is 0 Å². The van der Waals surface area contributed by atoms with Crippen molar-refractivity contribution in [1.82, 2.24) is 15.2 Å². The van der Waals surface area contributed by atoms with E-state index in [-0.39, 0.29) is 5.91 Å².